The number of anilines is 2. The van der Waals surface area contributed by atoms with Crippen LogP contribution in [0.3, 0.4) is 0 Å². The molecule has 28 heavy (non-hydrogen) atoms. The van der Waals surface area contributed by atoms with Crippen molar-refractivity contribution in [2.24, 2.45) is 0 Å². The van der Waals surface area contributed by atoms with Crippen molar-refractivity contribution in [1.29, 1.82) is 0 Å². The van der Waals surface area contributed by atoms with Crippen molar-refractivity contribution in [2.75, 3.05) is 5.32 Å². The Kier molecular flexibility index (Phi) is 3.99. The lowest BCUT2D eigenvalue weighted by atomic mass is 9.92. The Morgan fingerprint density at radius 1 is 1.11 bits per heavy atom. The highest BCUT2D eigenvalue weighted by atomic mass is 79.9. The largest absolute Gasteiger partial charge is 0.318 e. The van der Waals surface area contributed by atoms with E-state index in [4.69, 9.17) is 11.6 Å². The zero-order valence-electron chi connectivity index (χ0n) is 14.1. The molecule has 0 fully saturated rings. The van der Waals surface area contributed by atoms with E-state index in [0.29, 0.717) is 27.9 Å². The summed E-state index contributed by atoms with van der Waals surface area (Å²) in [6.07, 6.45) is 0. The molecule has 2 aromatic heterocycles. The van der Waals surface area contributed by atoms with Crippen LogP contribution >= 0.6 is 27.5 Å². The quantitative estimate of drug-likeness (QED) is 0.421. The fraction of sp³-hybridized carbons (Fsp3) is 0.0556. The first kappa shape index (κ1) is 17.1. The zero-order valence-corrected chi connectivity index (χ0v) is 16.4. The minimum Gasteiger partial charge on any atom is -0.318 e. The molecule has 10 heteroatoms. The van der Waals surface area contributed by atoms with Crippen molar-refractivity contribution in [3.05, 3.63) is 79.5 Å². The summed E-state index contributed by atoms with van der Waals surface area (Å²) in [6, 6.07) is 14.6. The van der Waals surface area contributed by atoms with Gasteiger partial charge in [-0.2, -0.15) is 9.78 Å². The van der Waals surface area contributed by atoms with Gasteiger partial charge in [-0.1, -0.05) is 63.0 Å². The molecule has 4 aromatic rings. The summed E-state index contributed by atoms with van der Waals surface area (Å²) < 4.78 is 2.55. The second-order valence-electron chi connectivity index (χ2n) is 6.19. The molecule has 2 N–H and O–H groups in total. The normalized spacial score (nSPS) is 14.9. The van der Waals surface area contributed by atoms with Gasteiger partial charge in [-0.05, 0) is 28.6 Å². The average Bonchev–Trinajstić information content (AvgIpc) is 3.17. The molecule has 1 aliphatic rings. The van der Waals surface area contributed by atoms with Gasteiger partial charge in [0.2, 0.25) is 5.95 Å². The Morgan fingerprint density at radius 2 is 1.89 bits per heavy atom. The van der Waals surface area contributed by atoms with Crippen molar-refractivity contribution >= 4 is 39.2 Å². The second-order valence-corrected chi connectivity index (χ2v) is 7.52. The molecule has 3 heterocycles. The van der Waals surface area contributed by atoms with Crippen molar-refractivity contribution in [2.45, 2.75) is 6.04 Å². The van der Waals surface area contributed by atoms with Crippen LogP contribution in [0.25, 0.3) is 11.3 Å². The highest BCUT2D eigenvalue weighted by molar-refractivity contribution is 9.10. The number of hydrogen-bond acceptors (Lipinski definition) is 6. The smallest absolute Gasteiger partial charge is 0.288 e. The first-order valence-electron chi connectivity index (χ1n) is 8.31. The van der Waals surface area contributed by atoms with Crippen molar-refractivity contribution in [3.8, 4) is 11.3 Å². The van der Waals surface area contributed by atoms with E-state index in [1.165, 1.54) is 0 Å². The molecule has 0 bridgehead atoms. The molecule has 0 saturated heterocycles. The average molecular weight is 457 g/mol. The maximum atomic E-state index is 12.6. The lowest BCUT2D eigenvalue weighted by molar-refractivity contribution is 0.567. The van der Waals surface area contributed by atoms with Crippen LogP contribution in [0.4, 0.5) is 11.6 Å². The van der Waals surface area contributed by atoms with Gasteiger partial charge in [0, 0.05) is 26.2 Å². The number of aromatic nitrogens is 6. The summed E-state index contributed by atoms with van der Waals surface area (Å²) in [5.41, 5.74) is 2.86. The molecular formula is C18H11BrClN7O. The number of benzene rings is 2. The third kappa shape index (κ3) is 2.62. The Morgan fingerprint density at radius 3 is 2.68 bits per heavy atom. The predicted octanol–water partition coefficient (Wildman–Crippen LogP) is 3.53. The van der Waals surface area contributed by atoms with Crippen LogP contribution in [-0.2, 0) is 0 Å². The summed E-state index contributed by atoms with van der Waals surface area (Å²) >= 11 is 9.94. The third-order valence-electron chi connectivity index (χ3n) is 4.59. The third-order valence-corrected chi connectivity index (χ3v) is 5.46. The van der Waals surface area contributed by atoms with Crippen LogP contribution in [0.2, 0.25) is 5.02 Å². The van der Waals surface area contributed by atoms with Crippen LogP contribution in [-0.4, -0.2) is 30.4 Å². The summed E-state index contributed by atoms with van der Waals surface area (Å²) in [5.74, 6) is 0.357. The highest BCUT2D eigenvalue weighted by Gasteiger charge is 2.35. The number of nitrogens with zero attached hydrogens (tertiary/aromatic N) is 5. The van der Waals surface area contributed by atoms with E-state index in [-0.39, 0.29) is 5.56 Å². The van der Waals surface area contributed by atoms with Crippen LogP contribution in [0.1, 0.15) is 17.2 Å². The van der Waals surface area contributed by atoms with E-state index in [1.807, 2.05) is 42.5 Å². The number of hydrogen-bond donors (Lipinski definition) is 2. The van der Waals surface area contributed by atoms with Gasteiger partial charge in [-0.3, -0.25) is 4.79 Å². The van der Waals surface area contributed by atoms with Crippen molar-refractivity contribution in [1.82, 2.24) is 30.4 Å². The summed E-state index contributed by atoms with van der Waals surface area (Å²) in [4.78, 5) is 12.6. The topological polar surface area (TPSA) is 101 Å². The molecule has 138 valence electrons. The lowest BCUT2D eigenvalue weighted by Gasteiger charge is -2.28. The van der Waals surface area contributed by atoms with E-state index >= 15 is 0 Å². The second kappa shape index (κ2) is 6.54. The molecular weight excluding hydrogens is 446 g/mol. The zero-order chi connectivity index (χ0) is 19.3. The molecule has 0 unspecified atom stereocenters. The monoisotopic (exact) mass is 455 g/mol. The van der Waals surface area contributed by atoms with Gasteiger partial charge in [0.15, 0.2) is 0 Å². The molecule has 0 radical (unpaired) electrons. The summed E-state index contributed by atoms with van der Waals surface area (Å²) in [6.45, 7) is 0. The molecule has 0 spiro atoms. The fourth-order valence-corrected chi connectivity index (χ4v) is 3.85. The SMILES string of the molecule is O=c1[nH]nc(-c2ccc(Br)cc2)c2c1Nc1nnnn1[C@H]2c1ccccc1Cl. The summed E-state index contributed by atoms with van der Waals surface area (Å²) in [5, 5.41) is 22.3. The van der Waals surface area contributed by atoms with Gasteiger partial charge in [-0.25, -0.2) is 5.10 Å². The highest BCUT2D eigenvalue weighted by Crippen LogP contribution is 2.42. The molecule has 5 rings (SSSR count). The van der Waals surface area contributed by atoms with Gasteiger partial charge >= 0.3 is 0 Å². The molecule has 0 aliphatic carbocycles. The predicted molar refractivity (Wildman–Crippen MR) is 108 cm³/mol. The van der Waals surface area contributed by atoms with E-state index in [2.05, 4.69) is 47.0 Å². The minimum atomic E-state index is -0.511. The number of fused-ring (bicyclic) bond motifs is 2. The Labute approximate surface area is 171 Å². The molecule has 0 saturated carbocycles. The first-order chi connectivity index (χ1) is 13.6. The molecule has 1 atom stereocenters. The Bertz CT molecular complexity index is 1250. The maximum absolute atomic E-state index is 12.6. The van der Waals surface area contributed by atoms with E-state index in [9.17, 15) is 4.79 Å². The Hall–Kier alpha value is -3.04. The minimum absolute atomic E-state index is 0.347. The van der Waals surface area contributed by atoms with Gasteiger partial charge in [0.25, 0.3) is 5.56 Å². The molecule has 0 amide bonds. The summed E-state index contributed by atoms with van der Waals surface area (Å²) in [7, 11) is 0. The molecule has 2 aromatic carbocycles. The van der Waals surface area contributed by atoms with Gasteiger partial charge in [-0.15, -0.1) is 0 Å². The first-order valence-corrected chi connectivity index (χ1v) is 9.48. The van der Waals surface area contributed by atoms with Crippen LogP contribution in [0.15, 0.2) is 57.8 Å². The number of tetrazole rings is 1. The standard InChI is InChI=1S/C18H11BrClN7O/c19-10-7-5-9(6-8-10)14-13-15(17(28)23-22-14)21-18-24-25-26-27(18)16(13)11-3-1-2-4-12(11)20/h1-8,16H,(H,23,28)(H,21,24,26)/t16-/m0/s1. The number of rotatable bonds is 2. The molecule has 1 aliphatic heterocycles. The number of halogens is 2. The van der Waals surface area contributed by atoms with E-state index in [0.717, 1.165) is 15.6 Å². The van der Waals surface area contributed by atoms with Gasteiger partial charge in [0.05, 0.1) is 5.69 Å². The number of aromatic amines is 1. The Balaban J connectivity index is 1.84. The number of H-pyrrole nitrogens is 1. The number of nitrogens with one attached hydrogen (secondary N) is 2. The van der Waals surface area contributed by atoms with Crippen LogP contribution < -0.4 is 10.9 Å². The van der Waals surface area contributed by atoms with Gasteiger partial charge < -0.3 is 5.32 Å². The molecule has 8 nitrogen and oxygen atoms in total. The maximum Gasteiger partial charge on any atom is 0.288 e. The van der Waals surface area contributed by atoms with Gasteiger partial charge in [0.1, 0.15) is 11.7 Å². The van der Waals surface area contributed by atoms with Crippen molar-refractivity contribution in [3.63, 3.8) is 0 Å². The van der Waals surface area contributed by atoms with E-state index < -0.39 is 6.04 Å². The van der Waals surface area contributed by atoms with Crippen LogP contribution in [0.5, 0.6) is 0 Å². The fourth-order valence-electron chi connectivity index (χ4n) is 3.35. The lowest BCUT2D eigenvalue weighted by Crippen LogP contribution is -2.29. The van der Waals surface area contributed by atoms with Crippen LogP contribution in [0, 0.1) is 0 Å². The van der Waals surface area contributed by atoms with Crippen molar-refractivity contribution < 1.29 is 0 Å². The van der Waals surface area contributed by atoms with E-state index in [1.54, 1.807) is 10.7 Å².